The molecule has 1 unspecified atom stereocenters. The molecule has 11 aliphatic heterocycles. The molecular weight excluding hydrogens is 1820 g/mol. The molecular formula is C74H124N4O55. The Morgan fingerprint density at radius 2 is 0.459 bits per heavy atom. The smallest absolute Gasteiger partial charge is 0.217 e. The Morgan fingerprint density at radius 3 is 0.842 bits per heavy atom. The zero-order valence-corrected chi connectivity index (χ0v) is 71.4. The molecule has 0 aromatic rings. The second-order valence-electron chi connectivity index (χ2n) is 33.8. The molecule has 11 fully saturated rings. The summed E-state index contributed by atoms with van der Waals surface area (Å²) >= 11 is 0. The number of hydrogen-bond acceptors (Lipinski definition) is 55. The third-order valence-electron chi connectivity index (χ3n) is 24.5. The monoisotopic (exact) mass is 1950 g/mol. The summed E-state index contributed by atoms with van der Waals surface area (Å²) in [6, 6.07) is -7.87. The van der Waals surface area contributed by atoms with Gasteiger partial charge in [0.15, 0.2) is 69.2 Å². The molecule has 11 rings (SSSR count). The Bertz CT molecular complexity index is 3630. The SMILES string of the molecule is CC(=O)N[C@H]1[C@H](O[C@H]2[C@H](O)[C@@H](NC(C)=O)C(O)O[C@@H]2CO[C@@H]2O[C@@H](C)[C@@H](O)[C@@H](O)[C@@H]2O)O[C@H](CO)[C@@H](O[C@@H]2O[C@H](CO[C@H]3O[C@H](CO)[C@@H](O)[C@H](O)[C@@H]3O[C@@H]3O[C@H](CO)[C@@H](O[C@@H]4O[C@H](CO)[C@H](O)[C@H](O[C@H]5O[C@H](CO)[C@H](O)[C@H](O)[C@H]5O)[C@H]4O)[C@H](O)[C@H]3NC(C)=O)[C@@H](O)[C@H](O[C@H]3O[C@H](CO)[C@@H](O)[C@H](O)[C@@H]3O[C@@H]3O[C@H](CO)[C@@H](O[C@@H]4O[C@H](CO)[C@H](O)[C@H](O)[C@H]4O)[C@H](O)[C@H]3NC(C)=O)[C@@H]2O)[C@@H]1O. The Morgan fingerprint density at radius 1 is 0.211 bits per heavy atom. The van der Waals surface area contributed by atoms with E-state index < -0.39 is 427 Å². The standard InChI is InChI=1S/C74H124N4O55/c1-16-35(91)46(102)51(107)68(115-16)113-15-30-59(42(98)31(64(112)116-30)75-17(2)87)126-65-32(76-18(3)88)43(99)58(27(12-85)122-65)129-72-55(111)61(131-74-63(50(106)39(95)24(9-82)121-74)133-67-34(78-20(5)90)44(100)56(26(11-84)124-67)127-69-52(108)47(103)36(92)21(6-79)117-69)41(97)29(125-72)14-114-73-62(49(105)38(94)23(8-81)120-73)132-66-33(77-19(4)89)45(101)57(28(13-86)123-66)128-71-54(110)60(40(96)25(10-83)119-71)130-70-53(109)48(104)37(93)22(7-80)118-70/h16,21-74,79-86,91-112H,6-15H2,1-5H3,(H,75,87)(H,76,88)(H,77,89)(H,78,90)/t16-,21+,22+,23+,24+,25+,26+,27+,28+,29+,30+,31+,32+,33+,34+,35+,36-,37-,38+,39+,40-,41+,42+,43+,44+,45+,46+,47-,48-,49-,50-,51-,52+,53+,54+,55-,56+,57+,58+,59+,60-,61-,62-,63-,64?,65-,66-,67-,68+,69-,70+,71-,72-,73-,74+/m0/s1. The molecule has 0 bridgehead atoms. The van der Waals surface area contributed by atoms with Crippen LogP contribution in [0, 0.1) is 0 Å². The summed E-state index contributed by atoms with van der Waals surface area (Å²) in [5, 5.41) is 345. The van der Waals surface area contributed by atoms with Gasteiger partial charge >= 0.3 is 0 Å². The number of carbonyl (C=O) groups excluding carboxylic acids is 4. The summed E-state index contributed by atoms with van der Waals surface area (Å²) < 4.78 is 125. The van der Waals surface area contributed by atoms with Crippen LogP contribution in [0.2, 0.25) is 0 Å². The highest BCUT2D eigenvalue weighted by atomic mass is 16.8. The Kier molecular flexibility index (Phi) is 39.1. The third kappa shape index (κ3) is 24.1. The predicted octanol–water partition coefficient (Wildman–Crippen LogP) is -23.4. The third-order valence-corrected chi connectivity index (χ3v) is 24.5. The van der Waals surface area contributed by atoms with Crippen LogP contribution in [0.5, 0.6) is 0 Å². The average molecular weight is 1950 g/mol. The topological polar surface area (TPSA) is 917 Å². The molecule has 34 N–H and O–H groups in total. The van der Waals surface area contributed by atoms with E-state index in [9.17, 15) is 172 Å². The van der Waals surface area contributed by atoms with Crippen LogP contribution in [0.1, 0.15) is 34.6 Å². The zero-order valence-electron chi connectivity index (χ0n) is 71.4. The van der Waals surface area contributed by atoms with E-state index in [-0.39, 0.29) is 0 Å². The van der Waals surface area contributed by atoms with Crippen LogP contribution in [0.15, 0.2) is 0 Å². The van der Waals surface area contributed by atoms with Crippen molar-refractivity contribution in [2.75, 3.05) is 66.1 Å². The molecule has 0 aromatic carbocycles. The van der Waals surface area contributed by atoms with Crippen molar-refractivity contribution in [3.63, 3.8) is 0 Å². The lowest BCUT2D eigenvalue weighted by Crippen LogP contribution is -2.71. The number of amides is 4. The van der Waals surface area contributed by atoms with Crippen LogP contribution in [0.25, 0.3) is 0 Å². The maximum Gasteiger partial charge on any atom is 0.217 e. The second kappa shape index (κ2) is 47.6. The first-order chi connectivity index (χ1) is 62.9. The van der Waals surface area contributed by atoms with E-state index in [0.717, 1.165) is 27.7 Å². The van der Waals surface area contributed by atoms with Gasteiger partial charge in [-0.2, -0.15) is 0 Å². The second-order valence-corrected chi connectivity index (χ2v) is 33.8. The summed E-state index contributed by atoms with van der Waals surface area (Å²) in [4.78, 5) is 52.0. The lowest BCUT2D eigenvalue weighted by molar-refractivity contribution is -0.399. The first kappa shape index (κ1) is 109. The molecule has 770 valence electrons. The summed E-state index contributed by atoms with van der Waals surface area (Å²) in [6.45, 7) is -6.29. The van der Waals surface area contributed by atoms with Crippen LogP contribution in [-0.2, 0) is 119 Å². The van der Waals surface area contributed by atoms with E-state index in [1.807, 2.05) is 0 Å². The van der Waals surface area contributed by atoms with Crippen molar-refractivity contribution in [3.05, 3.63) is 0 Å². The van der Waals surface area contributed by atoms with Gasteiger partial charge in [0.05, 0.1) is 72.2 Å². The molecule has 59 heteroatoms. The lowest BCUT2D eigenvalue weighted by Gasteiger charge is -2.51. The Balaban J connectivity index is 0.911. The van der Waals surface area contributed by atoms with Crippen molar-refractivity contribution < 1.29 is 272 Å². The van der Waals surface area contributed by atoms with Gasteiger partial charge in [-0.25, -0.2) is 0 Å². The van der Waals surface area contributed by atoms with Gasteiger partial charge in [0.25, 0.3) is 0 Å². The summed E-state index contributed by atoms with van der Waals surface area (Å²) in [6.07, 6.45) is -107. The molecule has 55 atom stereocenters. The van der Waals surface area contributed by atoms with E-state index in [2.05, 4.69) is 21.3 Å². The molecule has 0 aliphatic carbocycles. The molecule has 0 radical (unpaired) electrons. The number of hydrogen-bond donors (Lipinski definition) is 34. The number of nitrogens with one attached hydrogen (secondary N) is 4. The molecule has 11 heterocycles. The maximum absolute atomic E-state index is 13.3. The van der Waals surface area contributed by atoms with Crippen molar-refractivity contribution in [3.8, 4) is 0 Å². The van der Waals surface area contributed by atoms with E-state index in [1.165, 1.54) is 6.92 Å². The van der Waals surface area contributed by atoms with Gasteiger partial charge in [-0.15, -0.1) is 0 Å². The molecule has 11 saturated heterocycles. The summed E-state index contributed by atoms with van der Waals surface area (Å²) in [5.41, 5.74) is 0. The van der Waals surface area contributed by atoms with E-state index >= 15 is 0 Å². The maximum atomic E-state index is 13.3. The number of rotatable bonds is 34. The fourth-order valence-electron chi connectivity index (χ4n) is 17.3. The lowest BCUT2D eigenvalue weighted by atomic mass is 9.93. The molecule has 4 amide bonds. The highest BCUT2D eigenvalue weighted by Gasteiger charge is 2.63. The summed E-state index contributed by atoms with van der Waals surface area (Å²) in [5.74, 6) is -3.87. The molecule has 0 spiro atoms. The zero-order chi connectivity index (χ0) is 97.8. The molecule has 0 aromatic heterocycles. The number of aliphatic hydroxyl groups is 30. The van der Waals surface area contributed by atoms with Gasteiger partial charge in [-0.1, -0.05) is 0 Å². The van der Waals surface area contributed by atoms with Gasteiger partial charge in [0.2, 0.25) is 23.6 Å². The summed E-state index contributed by atoms with van der Waals surface area (Å²) in [7, 11) is 0. The molecule has 0 saturated carbocycles. The van der Waals surface area contributed by atoms with Crippen molar-refractivity contribution >= 4 is 23.6 Å². The minimum Gasteiger partial charge on any atom is -0.394 e. The Hall–Kier alpha value is -4.16. The van der Waals surface area contributed by atoms with Crippen LogP contribution in [0.4, 0.5) is 0 Å². The average Bonchev–Trinajstić information content (AvgIpc) is 0.764. The van der Waals surface area contributed by atoms with Crippen molar-refractivity contribution in [1.82, 2.24) is 21.3 Å². The quantitative estimate of drug-likeness (QED) is 0.0284. The van der Waals surface area contributed by atoms with Gasteiger partial charge < -0.3 is 274 Å². The molecule has 133 heavy (non-hydrogen) atoms. The van der Waals surface area contributed by atoms with Crippen LogP contribution in [-0.4, -0.2) is 580 Å². The minimum absolute atomic E-state index is 0.859. The van der Waals surface area contributed by atoms with Gasteiger partial charge in [-0.05, 0) is 6.92 Å². The van der Waals surface area contributed by atoms with Crippen molar-refractivity contribution in [1.29, 1.82) is 0 Å². The Labute approximate surface area is 752 Å². The number of ether oxygens (including phenoxy) is 21. The van der Waals surface area contributed by atoms with Crippen LogP contribution in [0.3, 0.4) is 0 Å². The first-order valence-corrected chi connectivity index (χ1v) is 42.5. The fourth-order valence-corrected chi connectivity index (χ4v) is 17.3. The number of carbonyl (C=O) groups is 4. The van der Waals surface area contributed by atoms with Crippen molar-refractivity contribution in [2.24, 2.45) is 0 Å². The van der Waals surface area contributed by atoms with E-state index in [4.69, 9.17) is 99.5 Å². The highest BCUT2D eigenvalue weighted by molar-refractivity contribution is 5.74. The van der Waals surface area contributed by atoms with Gasteiger partial charge in [-0.3, -0.25) is 19.2 Å². The van der Waals surface area contributed by atoms with Crippen molar-refractivity contribution in [2.45, 2.75) is 372 Å². The molecule has 11 aliphatic rings. The van der Waals surface area contributed by atoms with Crippen LogP contribution >= 0.6 is 0 Å². The van der Waals surface area contributed by atoms with E-state index in [0.29, 0.717) is 0 Å². The fraction of sp³-hybridized carbons (Fsp3) is 0.946. The predicted molar refractivity (Wildman–Crippen MR) is 407 cm³/mol. The van der Waals surface area contributed by atoms with Gasteiger partial charge in [0, 0.05) is 27.7 Å². The van der Waals surface area contributed by atoms with Crippen LogP contribution < -0.4 is 21.3 Å². The normalized spacial score (nSPS) is 50.1. The van der Waals surface area contributed by atoms with E-state index in [1.54, 1.807) is 0 Å². The van der Waals surface area contributed by atoms with Gasteiger partial charge in [0.1, 0.15) is 262 Å². The first-order valence-electron chi connectivity index (χ1n) is 42.5. The minimum atomic E-state index is -2.66. The molecule has 59 nitrogen and oxygen atoms in total. The number of aliphatic hydroxyl groups excluding tert-OH is 30. The highest BCUT2D eigenvalue weighted by Crippen LogP contribution is 2.42. The largest absolute Gasteiger partial charge is 0.394 e.